The minimum Gasteiger partial charge on any atom is -0.460 e. The molecule has 0 aliphatic carbocycles. The van der Waals surface area contributed by atoms with E-state index in [0.717, 1.165) is 36.4 Å². The van der Waals surface area contributed by atoms with Crippen LogP contribution >= 0.6 is 0 Å². The third-order valence-electron chi connectivity index (χ3n) is 3.60. The first-order valence-electron chi connectivity index (χ1n) is 9.21. The molecule has 0 saturated heterocycles. The number of Topliss-reactive ketones (excluding diaryl/α,β-unsaturated/α-hetero) is 1. The first kappa shape index (κ1) is 16.8. The molecular weight excluding hydrogens is 418 g/mol. The molecule has 0 bridgehead atoms. The highest BCUT2D eigenvalue weighted by Crippen LogP contribution is 2.35. The van der Waals surface area contributed by atoms with Gasteiger partial charge in [0, 0.05) is 5.56 Å². The van der Waals surface area contributed by atoms with E-state index in [1.807, 2.05) is 0 Å². The van der Waals surface area contributed by atoms with E-state index in [1.54, 1.807) is 0 Å². The average Bonchev–Trinajstić information content (AvgIpc) is 2.91. The number of ketones is 1. The number of alkyl halides is 3. The van der Waals surface area contributed by atoms with Gasteiger partial charge in [0.15, 0.2) is 6.08 Å². The molecule has 6 nitrogen and oxygen atoms in total. The van der Waals surface area contributed by atoms with Crippen LogP contribution in [0, 0.1) is 5.82 Å². The van der Waals surface area contributed by atoms with Crippen molar-refractivity contribution >= 4 is 15.9 Å². The fourth-order valence-electron chi connectivity index (χ4n) is 2.29. The summed E-state index contributed by atoms with van der Waals surface area (Å²) in [7, 11) is -5.29. The summed E-state index contributed by atoms with van der Waals surface area (Å²) in [4.78, 5) is 12.7. The van der Waals surface area contributed by atoms with Crippen molar-refractivity contribution in [2.75, 3.05) is 0 Å². The van der Waals surface area contributed by atoms with Gasteiger partial charge in [-0.05, 0) is 29.8 Å². The van der Waals surface area contributed by atoms with Gasteiger partial charge >= 0.3 is 16.3 Å². The van der Waals surface area contributed by atoms with Crippen LogP contribution in [0.1, 0.15) is 26.9 Å². The Hall–Kier alpha value is -3.08. The maximum absolute atomic E-state index is 13.1. The summed E-state index contributed by atoms with van der Waals surface area (Å²) in [5, 5.41) is 0. The van der Waals surface area contributed by atoms with Gasteiger partial charge in [0.25, 0.3) is 0 Å². The Balaban J connectivity index is 1.90. The monoisotopic (exact) mass is 434 g/mol. The molecule has 1 aliphatic rings. The zero-order valence-corrected chi connectivity index (χ0v) is 15.0. The molecule has 0 amide bonds. The van der Waals surface area contributed by atoms with E-state index in [2.05, 4.69) is 4.18 Å². The number of carbonyl (C=O) groups excluding carboxylic acids is 1. The SMILES string of the molecule is [2H]C([2H])(c1ccc(F)cc1)S(=O)(=O)OC1=C(N)O[C@]([2H])(c2ccc(C(F)(F)F)cc2)C1=O. The number of ether oxygens (including phenoxy) is 1. The Morgan fingerprint density at radius 3 is 2.28 bits per heavy atom. The fraction of sp³-hybridized carbons (Fsp3) is 0.167. The maximum atomic E-state index is 13.1. The van der Waals surface area contributed by atoms with Gasteiger partial charge in [-0.2, -0.15) is 21.6 Å². The van der Waals surface area contributed by atoms with Crippen LogP contribution in [0.3, 0.4) is 0 Å². The summed E-state index contributed by atoms with van der Waals surface area (Å²) in [5.41, 5.74) is 0.200. The molecule has 29 heavy (non-hydrogen) atoms. The van der Waals surface area contributed by atoms with Crippen LogP contribution in [0.15, 0.2) is 60.2 Å². The zero-order chi connectivity index (χ0) is 24.1. The first-order valence-corrected chi connectivity index (χ1v) is 9.12. The third kappa shape index (κ3) is 4.67. The number of hydrogen-bond donors (Lipinski definition) is 1. The van der Waals surface area contributed by atoms with Crippen LogP contribution < -0.4 is 5.73 Å². The van der Waals surface area contributed by atoms with E-state index in [-0.39, 0.29) is 0 Å². The van der Waals surface area contributed by atoms with Crippen molar-refractivity contribution in [3.63, 3.8) is 0 Å². The van der Waals surface area contributed by atoms with Gasteiger partial charge < -0.3 is 14.7 Å². The zero-order valence-electron chi connectivity index (χ0n) is 17.2. The van der Waals surface area contributed by atoms with E-state index < -0.39 is 68.0 Å². The van der Waals surface area contributed by atoms with E-state index >= 15 is 0 Å². The molecule has 2 N–H and O–H groups in total. The maximum Gasteiger partial charge on any atom is 0.416 e. The minimum atomic E-state index is -5.29. The van der Waals surface area contributed by atoms with Crippen molar-refractivity contribution < 1.29 is 43.8 Å². The predicted octanol–water partition coefficient (Wildman–Crippen LogP) is 3.16. The molecule has 1 aliphatic heterocycles. The second-order valence-corrected chi connectivity index (χ2v) is 6.95. The molecule has 0 fully saturated rings. The molecule has 0 aromatic heterocycles. The average molecular weight is 434 g/mol. The van der Waals surface area contributed by atoms with E-state index in [4.69, 9.17) is 14.6 Å². The van der Waals surface area contributed by atoms with Crippen molar-refractivity contribution in [1.82, 2.24) is 0 Å². The lowest BCUT2D eigenvalue weighted by Crippen LogP contribution is -2.16. The fourth-order valence-corrected chi connectivity index (χ4v) is 3.13. The van der Waals surface area contributed by atoms with Crippen LogP contribution in [0.25, 0.3) is 0 Å². The van der Waals surface area contributed by atoms with E-state index in [9.17, 15) is 30.8 Å². The number of nitrogens with two attached hydrogens (primary N) is 1. The molecule has 2 aromatic carbocycles. The van der Waals surface area contributed by atoms with E-state index in [0.29, 0.717) is 12.1 Å². The van der Waals surface area contributed by atoms with Crippen LogP contribution in [0.2, 0.25) is 0 Å². The normalized spacial score (nSPS) is 21.9. The second-order valence-electron chi connectivity index (χ2n) is 5.68. The number of rotatable bonds is 5. The number of halogens is 4. The minimum absolute atomic E-state index is 0.406. The van der Waals surface area contributed by atoms with Crippen molar-refractivity contribution in [3.8, 4) is 0 Å². The highest BCUT2D eigenvalue weighted by atomic mass is 32.2. The molecule has 0 radical (unpaired) electrons. The lowest BCUT2D eigenvalue weighted by molar-refractivity contribution is -0.137. The predicted molar refractivity (Wildman–Crippen MR) is 91.6 cm³/mol. The number of hydrogen-bond acceptors (Lipinski definition) is 6. The smallest absolute Gasteiger partial charge is 0.416 e. The second kappa shape index (κ2) is 7.39. The number of carbonyl (C=O) groups is 1. The molecule has 11 heteroatoms. The largest absolute Gasteiger partial charge is 0.460 e. The summed E-state index contributed by atoms with van der Waals surface area (Å²) >= 11 is 0. The summed E-state index contributed by atoms with van der Waals surface area (Å²) in [5.74, 6) is -4.44. The quantitative estimate of drug-likeness (QED) is 0.574. The molecule has 1 heterocycles. The molecular formula is C18H13F4NO5S. The Morgan fingerprint density at radius 1 is 1.14 bits per heavy atom. The van der Waals surface area contributed by atoms with Gasteiger partial charge in [-0.25, -0.2) is 4.39 Å². The van der Waals surface area contributed by atoms with Gasteiger partial charge in [-0.3, -0.25) is 4.79 Å². The summed E-state index contributed by atoms with van der Waals surface area (Å²) < 4.78 is 110. The molecule has 1 atom stereocenters. The number of benzene rings is 2. The summed E-state index contributed by atoms with van der Waals surface area (Å²) in [6.45, 7) is 0. The van der Waals surface area contributed by atoms with Crippen molar-refractivity contribution in [2.24, 2.45) is 5.73 Å². The molecule has 0 unspecified atom stereocenters. The Bertz CT molecular complexity index is 1200. The van der Waals surface area contributed by atoms with Crippen molar-refractivity contribution in [3.05, 3.63) is 82.7 Å². The lowest BCUT2D eigenvalue weighted by atomic mass is 10.0. The topological polar surface area (TPSA) is 95.7 Å². The highest BCUT2D eigenvalue weighted by molar-refractivity contribution is 7.86. The Labute approximate surface area is 166 Å². The van der Waals surface area contributed by atoms with Gasteiger partial charge in [0.1, 0.15) is 11.5 Å². The van der Waals surface area contributed by atoms with Crippen LogP contribution in [0.4, 0.5) is 17.6 Å². The van der Waals surface area contributed by atoms with Gasteiger partial charge in [-0.15, -0.1) is 0 Å². The molecule has 154 valence electrons. The summed E-state index contributed by atoms with van der Waals surface area (Å²) in [6.07, 6.45) is -7.44. The summed E-state index contributed by atoms with van der Waals surface area (Å²) in [6, 6.07) is 6.02. The molecule has 2 aromatic rings. The first-order chi connectivity index (χ1) is 14.6. The highest BCUT2D eigenvalue weighted by Gasteiger charge is 2.40. The van der Waals surface area contributed by atoms with Crippen LogP contribution in [-0.4, -0.2) is 14.2 Å². The van der Waals surface area contributed by atoms with Crippen molar-refractivity contribution in [1.29, 1.82) is 0 Å². The molecule has 0 saturated carbocycles. The van der Waals surface area contributed by atoms with E-state index in [1.165, 1.54) is 0 Å². The Kier molecular flexibility index (Phi) is 4.29. The van der Waals surface area contributed by atoms with Crippen LogP contribution in [0.5, 0.6) is 0 Å². The Morgan fingerprint density at radius 2 is 1.72 bits per heavy atom. The van der Waals surface area contributed by atoms with Gasteiger partial charge in [0.2, 0.25) is 17.4 Å². The molecule has 3 rings (SSSR count). The standard InChI is InChI=1S/C18H13F4NO5S/c19-13-7-1-10(2-8-13)9-29(25,26)28-16-14(24)15(27-17(16)23)11-3-5-12(6-4-11)18(20,21)22/h1-8,15H,9,23H2/t15-/m1/s1/i9D2,15D. The molecule has 0 spiro atoms. The van der Waals surface area contributed by atoms with Gasteiger partial charge in [0.05, 0.1) is 9.68 Å². The van der Waals surface area contributed by atoms with Gasteiger partial charge in [-0.1, -0.05) is 24.3 Å². The van der Waals surface area contributed by atoms with Crippen molar-refractivity contribution in [2.45, 2.75) is 18.0 Å². The van der Waals surface area contributed by atoms with Crippen LogP contribution in [-0.2, 0) is 35.7 Å². The lowest BCUT2D eigenvalue weighted by Gasteiger charge is -2.12. The third-order valence-corrected chi connectivity index (χ3v) is 4.47.